The summed E-state index contributed by atoms with van der Waals surface area (Å²) in [5, 5.41) is 29.0. The number of hydrogen-bond acceptors (Lipinski definition) is 6. The minimum absolute atomic E-state index is 0.219. The second kappa shape index (κ2) is 12.7. The van der Waals surface area contributed by atoms with Gasteiger partial charge in [0.15, 0.2) is 0 Å². The Bertz CT molecular complexity index is 923. The second-order valence-corrected chi connectivity index (χ2v) is 11.6. The van der Waals surface area contributed by atoms with Gasteiger partial charge in [-0.15, -0.1) is 22.9 Å². The molecule has 1 aromatic heterocycles. The van der Waals surface area contributed by atoms with Crippen molar-refractivity contribution in [2.24, 2.45) is 11.8 Å². The van der Waals surface area contributed by atoms with Crippen LogP contribution in [-0.4, -0.2) is 52.1 Å². The lowest BCUT2D eigenvalue weighted by Crippen LogP contribution is -2.43. The molecular weight excluding hydrogens is 495 g/mol. The fourth-order valence-electron chi connectivity index (χ4n) is 4.73. The number of halogens is 2. The third kappa shape index (κ3) is 7.67. The van der Waals surface area contributed by atoms with Gasteiger partial charge >= 0.3 is 5.97 Å². The van der Waals surface area contributed by atoms with E-state index in [1.165, 1.54) is 28.9 Å². The van der Waals surface area contributed by atoms with E-state index in [-0.39, 0.29) is 5.38 Å². The lowest BCUT2D eigenvalue weighted by molar-refractivity contribution is -0.0916. The number of ether oxygens (including phenoxy) is 1. The van der Waals surface area contributed by atoms with Gasteiger partial charge in [-0.25, -0.2) is 4.79 Å². The van der Waals surface area contributed by atoms with Crippen LogP contribution in [0.4, 0.5) is 0 Å². The molecule has 5 nitrogen and oxygen atoms in total. The van der Waals surface area contributed by atoms with Crippen LogP contribution in [0.3, 0.4) is 0 Å². The van der Waals surface area contributed by atoms with Gasteiger partial charge in [0.05, 0.1) is 13.2 Å². The SMILES string of the molecule is Cc1cc(Cl)cc(CC[C@H]2CC[C@@H](Cl)[C@@H]2CCCc2ccc(C(=O)OCC(O)(CO)CO)s2)c1. The molecule has 0 radical (unpaired) electrons. The van der Waals surface area contributed by atoms with Gasteiger partial charge in [-0.2, -0.15) is 0 Å². The number of aryl methyl sites for hydroxylation is 3. The van der Waals surface area contributed by atoms with Gasteiger partial charge in [0.2, 0.25) is 0 Å². The van der Waals surface area contributed by atoms with Crippen molar-refractivity contribution in [3.05, 3.63) is 56.2 Å². The predicted octanol–water partition coefficient (Wildman–Crippen LogP) is 5.17. The van der Waals surface area contributed by atoms with Crippen LogP contribution in [0.1, 0.15) is 57.8 Å². The highest BCUT2D eigenvalue weighted by atomic mass is 35.5. The van der Waals surface area contributed by atoms with Crippen LogP contribution in [0.5, 0.6) is 0 Å². The molecular formula is C26H34Cl2O5S. The average Bonchev–Trinajstić information content (AvgIpc) is 3.42. The maximum atomic E-state index is 12.2. The number of hydrogen-bond donors (Lipinski definition) is 3. The van der Waals surface area contributed by atoms with Gasteiger partial charge < -0.3 is 20.1 Å². The highest BCUT2D eigenvalue weighted by Gasteiger charge is 2.34. The maximum absolute atomic E-state index is 12.2. The summed E-state index contributed by atoms with van der Waals surface area (Å²) in [5.74, 6) is 0.554. The molecule has 0 unspecified atom stereocenters. The van der Waals surface area contributed by atoms with Crippen LogP contribution in [0.25, 0.3) is 0 Å². The predicted molar refractivity (Wildman–Crippen MR) is 137 cm³/mol. The third-order valence-corrected chi connectivity index (χ3v) is 8.56. The number of aliphatic hydroxyl groups excluding tert-OH is 2. The molecule has 8 heteroatoms. The number of rotatable bonds is 12. The largest absolute Gasteiger partial charge is 0.458 e. The van der Waals surface area contributed by atoms with Crippen molar-refractivity contribution in [2.75, 3.05) is 19.8 Å². The van der Waals surface area contributed by atoms with Crippen LogP contribution < -0.4 is 0 Å². The van der Waals surface area contributed by atoms with E-state index < -0.39 is 31.4 Å². The quantitative estimate of drug-likeness (QED) is 0.261. The van der Waals surface area contributed by atoms with Gasteiger partial charge in [0, 0.05) is 15.3 Å². The van der Waals surface area contributed by atoms with Gasteiger partial charge in [-0.3, -0.25) is 0 Å². The first-order valence-corrected chi connectivity index (χ1v) is 13.5. The fraction of sp³-hybridized carbons (Fsp3) is 0.577. The minimum Gasteiger partial charge on any atom is -0.458 e. The Labute approximate surface area is 215 Å². The molecule has 0 amide bonds. The Hall–Kier alpha value is -1.15. The topological polar surface area (TPSA) is 87.0 Å². The molecule has 3 N–H and O–H groups in total. The zero-order valence-corrected chi connectivity index (χ0v) is 21.8. The molecule has 188 valence electrons. The van der Waals surface area contributed by atoms with Crippen molar-refractivity contribution >= 4 is 40.5 Å². The Balaban J connectivity index is 1.46. The number of esters is 1. The molecule has 1 aliphatic carbocycles. The van der Waals surface area contributed by atoms with Gasteiger partial charge in [0.25, 0.3) is 0 Å². The maximum Gasteiger partial charge on any atom is 0.348 e. The van der Waals surface area contributed by atoms with Crippen molar-refractivity contribution in [3.63, 3.8) is 0 Å². The number of carbonyl (C=O) groups excluding carboxylic acids is 1. The van der Waals surface area contributed by atoms with E-state index in [1.54, 1.807) is 6.07 Å². The molecule has 0 bridgehead atoms. The molecule has 1 aliphatic rings. The van der Waals surface area contributed by atoms with Crippen LogP contribution in [0, 0.1) is 18.8 Å². The number of carbonyl (C=O) groups is 1. The Morgan fingerprint density at radius 1 is 1.15 bits per heavy atom. The zero-order chi connectivity index (χ0) is 24.7. The summed E-state index contributed by atoms with van der Waals surface area (Å²) >= 11 is 14.3. The minimum atomic E-state index is -1.82. The molecule has 1 fully saturated rings. The first-order chi connectivity index (χ1) is 16.2. The highest BCUT2D eigenvalue weighted by Crippen LogP contribution is 2.41. The summed E-state index contributed by atoms with van der Waals surface area (Å²) in [5.41, 5.74) is 0.658. The van der Waals surface area contributed by atoms with Crippen molar-refractivity contribution < 1.29 is 24.9 Å². The number of thiophene rings is 1. The van der Waals surface area contributed by atoms with E-state index in [0.717, 1.165) is 48.4 Å². The number of benzene rings is 1. The molecule has 1 heterocycles. The summed E-state index contributed by atoms with van der Waals surface area (Å²) < 4.78 is 5.06. The van der Waals surface area contributed by atoms with Crippen molar-refractivity contribution in [3.8, 4) is 0 Å². The summed E-state index contributed by atoms with van der Waals surface area (Å²) in [7, 11) is 0. The average molecular weight is 530 g/mol. The number of aliphatic hydroxyl groups is 3. The molecule has 34 heavy (non-hydrogen) atoms. The summed E-state index contributed by atoms with van der Waals surface area (Å²) in [6, 6.07) is 9.90. The Morgan fingerprint density at radius 2 is 1.91 bits per heavy atom. The lowest BCUT2D eigenvalue weighted by atomic mass is 9.86. The zero-order valence-electron chi connectivity index (χ0n) is 19.5. The van der Waals surface area contributed by atoms with Crippen LogP contribution in [0.15, 0.2) is 30.3 Å². The van der Waals surface area contributed by atoms with E-state index in [2.05, 4.69) is 19.1 Å². The van der Waals surface area contributed by atoms with E-state index >= 15 is 0 Å². The highest BCUT2D eigenvalue weighted by molar-refractivity contribution is 7.13. The van der Waals surface area contributed by atoms with Crippen molar-refractivity contribution in [2.45, 2.75) is 62.8 Å². The van der Waals surface area contributed by atoms with Crippen LogP contribution >= 0.6 is 34.5 Å². The molecule has 0 aliphatic heterocycles. The summed E-state index contributed by atoms with van der Waals surface area (Å²) in [4.78, 5) is 13.8. The van der Waals surface area contributed by atoms with Crippen LogP contribution in [0.2, 0.25) is 5.02 Å². The lowest BCUT2D eigenvalue weighted by Gasteiger charge is -2.22. The van der Waals surface area contributed by atoms with E-state index in [0.29, 0.717) is 16.7 Å². The van der Waals surface area contributed by atoms with E-state index in [1.807, 2.05) is 12.1 Å². The Morgan fingerprint density at radius 3 is 2.62 bits per heavy atom. The van der Waals surface area contributed by atoms with Gasteiger partial charge in [-0.1, -0.05) is 17.7 Å². The van der Waals surface area contributed by atoms with E-state index in [9.17, 15) is 9.90 Å². The summed E-state index contributed by atoms with van der Waals surface area (Å²) in [6.45, 7) is 0.243. The third-order valence-electron chi connectivity index (χ3n) is 6.67. The monoisotopic (exact) mass is 528 g/mol. The Kier molecular flexibility index (Phi) is 10.3. The fourth-order valence-corrected chi connectivity index (χ4v) is 6.44. The second-order valence-electron chi connectivity index (χ2n) is 9.47. The van der Waals surface area contributed by atoms with Gasteiger partial charge in [-0.05, 0) is 99.1 Å². The molecule has 3 atom stereocenters. The molecule has 0 saturated heterocycles. The molecule has 1 aromatic carbocycles. The normalized spacial score (nSPS) is 20.6. The standard InChI is InChI=1S/C26H34Cl2O5S/c1-17-11-18(13-20(27)12-17)5-6-19-7-9-23(28)22(19)4-2-3-21-8-10-24(34-21)25(31)33-16-26(32,14-29)15-30/h8,10-13,19,22-23,29-30,32H,2-7,9,14-16H2,1H3/t19-,22+,23+/m0/s1. The first-order valence-electron chi connectivity index (χ1n) is 11.8. The first kappa shape index (κ1) is 27.4. The van der Waals surface area contributed by atoms with Crippen molar-refractivity contribution in [1.82, 2.24) is 0 Å². The molecule has 1 saturated carbocycles. The molecule has 2 aromatic rings. The molecule has 0 spiro atoms. The van der Waals surface area contributed by atoms with Gasteiger partial charge in [0.1, 0.15) is 17.1 Å². The van der Waals surface area contributed by atoms with Crippen molar-refractivity contribution in [1.29, 1.82) is 0 Å². The molecule has 3 rings (SSSR count). The smallest absolute Gasteiger partial charge is 0.348 e. The summed E-state index contributed by atoms with van der Waals surface area (Å²) in [6.07, 6.45) is 7.31. The number of alkyl halides is 1. The van der Waals surface area contributed by atoms with Crippen LogP contribution in [-0.2, 0) is 17.6 Å². The van der Waals surface area contributed by atoms with E-state index in [4.69, 9.17) is 38.2 Å².